The summed E-state index contributed by atoms with van der Waals surface area (Å²) in [5, 5.41) is 0.479. The molecule has 2 heterocycles. The first-order valence-corrected chi connectivity index (χ1v) is 8.72. The van der Waals surface area contributed by atoms with E-state index in [0.717, 1.165) is 0 Å². The number of amides is 1. The summed E-state index contributed by atoms with van der Waals surface area (Å²) in [7, 11) is 0. The number of halogens is 1. The van der Waals surface area contributed by atoms with E-state index < -0.39 is 11.9 Å². The number of esters is 1. The van der Waals surface area contributed by atoms with Gasteiger partial charge in [0.2, 0.25) is 5.91 Å². The van der Waals surface area contributed by atoms with Gasteiger partial charge >= 0.3 is 5.97 Å². The normalized spacial score (nSPS) is 15.9. The zero-order valence-electron chi connectivity index (χ0n) is 14.8. The van der Waals surface area contributed by atoms with Crippen molar-refractivity contribution in [2.24, 2.45) is 0 Å². The Balaban J connectivity index is 2.28. The predicted molar refractivity (Wildman–Crippen MR) is 99.6 cm³/mol. The number of pyridine rings is 1. The van der Waals surface area contributed by atoms with Gasteiger partial charge in [0, 0.05) is 10.7 Å². The van der Waals surface area contributed by atoms with Crippen molar-refractivity contribution >= 4 is 29.2 Å². The lowest BCUT2D eigenvalue weighted by Crippen LogP contribution is -2.39. The molecule has 1 aliphatic rings. The zero-order valence-corrected chi connectivity index (χ0v) is 15.5. The van der Waals surface area contributed by atoms with Gasteiger partial charge in [0.05, 0.1) is 23.8 Å². The number of nitrogens with zero attached hydrogens (tertiary/aromatic N) is 1. The highest BCUT2D eigenvalue weighted by molar-refractivity contribution is 6.30. The number of aromatic nitrogens is 1. The minimum atomic E-state index is -0.565. The summed E-state index contributed by atoms with van der Waals surface area (Å²) < 4.78 is 5.00. The maximum absolute atomic E-state index is 13.1. The Morgan fingerprint density at radius 1 is 1.31 bits per heavy atom. The molecule has 1 atom stereocenters. The predicted octanol–water partition coefficient (Wildman–Crippen LogP) is 3.02. The number of carbonyl (C=O) groups excluding carboxylic acids is 2. The molecule has 1 aromatic carbocycles. The molecule has 3 rings (SSSR count). The van der Waals surface area contributed by atoms with Gasteiger partial charge in [0.25, 0.3) is 5.56 Å². The van der Waals surface area contributed by atoms with Crippen molar-refractivity contribution in [1.82, 2.24) is 4.98 Å². The third kappa shape index (κ3) is 3.12. The quantitative estimate of drug-likeness (QED) is 0.837. The zero-order chi connectivity index (χ0) is 19.0. The number of aromatic amines is 1. The second-order valence-electron chi connectivity index (χ2n) is 6.22. The fraction of sp³-hybridized carbons (Fsp3) is 0.316. The van der Waals surface area contributed by atoms with Crippen LogP contribution in [0.25, 0.3) is 11.1 Å². The Hall–Kier alpha value is -2.60. The molecule has 1 aromatic heterocycles. The summed E-state index contributed by atoms with van der Waals surface area (Å²) in [6.45, 7) is 5.13. The molecule has 0 bridgehead atoms. The highest BCUT2D eigenvalue weighted by Crippen LogP contribution is 2.40. The molecule has 7 heteroatoms. The van der Waals surface area contributed by atoms with Gasteiger partial charge in [-0.1, -0.05) is 17.7 Å². The van der Waals surface area contributed by atoms with Crippen LogP contribution in [0.2, 0.25) is 5.02 Å². The van der Waals surface area contributed by atoms with Gasteiger partial charge in [-0.05, 0) is 50.1 Å². The summed E-state index contributed by atoms with van der Waals surface area (Å²) in [5.41, 5.74) is 2.32. The largest absolute Gasteiger partial charge is 0.465 e. The van der Waals surface area contributed by atoms with Crippen molar-refractivity contribution in [3.8, 4) is 11.1 Å². The molecule has 136 valence electrons. The smallest absolute Gasteiger partial charge is 0.326 e. The van der Waals surface area contributed by atoms with E-state index in [1.54, 1.807) is 45.0 Å². The fourth-order valence-electron chi connectivity index (χ4n) is 3.25. The Bertz CT molecular complexity index is 951. The van der Waals surface area contributed by atoms with Crippen molar-refractivity contribution in [2.75, 3.05) is 18.1 Å². The third-order valence-corrected chi connectivity index (χ3v) is 4.65. The minimum Gasteiger partial charge on any atom is -0.465 e. The molecule has 2 aromatic rings. The van der Waals surface area contributed by atoms with E-state index in [2.05, 4.69) is 4.98 Å². The summed E-state index contributed by atoms with van der Waals surface area (Å²) in [6, 6.07) is 6.81. The van der Waals surface area contributed by atoms with Gasteiger partial charge in [-0.2, -0.15) is 0 Å². The van der Waals surface area contributed by atoms with Crippen LogP contribution in [0.4, 0.5) is 5.69 Å². The third-order valence-electron chi connectivity index (χ3n) is 4.42. The van der Waals surface area contributed by atoms with E-state index in [1.807, 2.05) is 0 Å². The number of anilines is 1. The minimum absolute atomic E-state index is 0.216. The Morgan fingerprint density at radius 3 is 2.73 bits per heavy atom. The molecule has 26 heavy (non-hydrogen) atoms. The van der Waals surface area contributed by atoms with Crippen molar-refractivity contribution < 1.29 is 14.3 Å². The lowest BCUT2D eigenvalue weighted by atomic mass is 9.93. The van der Waals surface area contributed by atoms with Crippen molar-refractivity contribution in [2.45, 2.75) is 26.7 Å². The van der Waals surface area contributed by atoms with Crippen molar-refractivity contribution in [3.63, 3.8) is 0 Å². The van der Waals surface area contributed by atoms with Gasteiger partial charge in [-0.25, -0.2) is 0 Å². The molecule has 6 nitrogen and oxygen atoms in total. The molecular formula is C19H19ClN2O4. The molecule has 0 saturated heterocycles. The molecule has 1 N–H and O–H groups in total. The van der Waals surface area contributed by atoms with Gasteiger partial charge in [-0.15, -0.1) is 0 Å². The monoisotopic (exact) mass is 374 g/mol. The number of H-pyrrole nitrogens is 1. The molecule has 1 amide bonds. The van der Waals surface area contributed by atoms with Crippen LogP contribution in [0.1, 0.15) is 31.0 Å². The first kappa shape index (κ1) is 18.2. The Labute approximate surface area is 155 Å². The number of nitrogens with one attached hydrogen (secondary N) is 1. The van der Waals surface area contributed by atoms with Crippen molar-refractivity contribution in [3.05, 3.63) is 50.9 Å². The van der Waals surface area contributed by atoms with E-state index in [9.17, 15) is 14.4 Å². The highest BCUT2D eigenvalue weighted by Gasteiger charge is 2.34. The second-order valence-corrected chi connectivity index (χ2v) is 6.66. The Morgan fingerprint density at radius 2 is 2.04 bits per heavy atom. The molecule has 0 saturated carbocycles. The Kier molecular flexibility index (Phi) is 4.87. The number of rotatable bonds is 3. The number of aryl methyl sites for hydroxylation is 1. The van der Waals surface area contributed by atoms with Gasteiger partial charge < -0.3 is 9.72 Å². The van der Waals surface area contributed by atoms with E-state index in [-0.39, 0.29) is 24.6 Å². The topological polar surface area (TPSA) is 79.5 Å². The van der Waals surface area contributed by atoms with Crippen LogP contribution < -0.4 is 10.5 Å². The fourth-order valence-corrected chi connectivity index (χ4v) is 3.43. The van der Waals surface area contributed by atoms with Crippen LogP contribution in [0.5, 0.6) is 0 Å². The van der Waals surface area contributed by atoms with Crippen molar-refractivity contribution in [1.29, 1.82) is 0 Å². The first-order chi connectivity index (χ1) is 12.3. The molecule has 0 aliphatic carbocycles. The summed E-state index contributed by atoms with van der Waals surface area (Å²) in [6.07, 6.45) is 0. The number of hydrogen-bond acceptors (Lipinski definition) is 4. The average Bonchev–Trinajstić information content (AvgIpc) is 2.65. The molecule has 1 unspecified atom stereocenters. The summed E-state index contributed by atoms with van der Waals surface area (Å²) in [4.78, 5) is 42.0. The van der Waals surface area contributed by atoms with Crippen LogP contribution in [-0.2, 0) is 14.3 Å². The maximum atomic E-state index is 13.1. The second kappa shape index (κ2) is 6.96. The standard InChI is InChI=1S/C19H19ClN2O4/c1-4-26-16(23)9-22-15-7-10(2)21-18(24)17(15)13-6-5-12(20)8-14(13)11(3)19(22)25/h5-8,11H,4,9H2,1-3H3,(H,21,24). The molecule has 0 fully saturated rings. The van der Waals surface area contributed by atoms with Crippen LogP contribution in [0.3, 0.4) is 0 Å². The number of carbonyl (C=O) groups is 2. The maximum Gasteiger partial charge on any atom is 0.326 e. The SMILES string of the molecule is CCOC(=O)CN1C(=O)C(C)c2cc(Cl)ccc2-c2c1cc(C)[nH]c2=O. The van der Waals surface area contributed by atoms with Gasteiger partial charge in [-0.3, -0.25) is 19.3 Å². The van der Waals surface area contributed by atoms with Gasteiger partial charge in [0.15, 0.2) is 0 Å². The lowest BCUT2D eigenvalue weighted by Gasteiger charge is -2.24. The first-order valence-electron chi connectivity index (χ1n) is 8.34. The van der Waals surface area contributed by atoms with Crippen LogP contribution >= 0.6 is 11.6 Å². The van der Waals surface area contributed by atoms with Crippen LogP contribution in [-0.4, -0.2) is 30.0 Å². The van der Waals surface area contributed by atoms with Crippen LogP contribution in [0.15, 0.2) is 29.1 Å². The molecular weight excluding hydrogens is 356 g/mol. The van der Waals surface area contributed by atoms with E-state index in [4.69, 9.17) is 16.3 Å². The number of hydrogen-bond donors (Lipinski definition) is 1. The lowest BCUT2D eigenvalue weighted by molar-refractivity contribution is -0.142. The number of fused-ring (bicyclic) bond motifs is 3. The molecule has 0 spiro atoms. The summed E-state index contributed by atoms with van der Waals surface area (Å²) in [5.74, 6) is -1.38. The van der Waals surface area contributed by atoms with Crippen LogP contribution in [0, 0.1) is 6.92 Å². The summed E-state index contributed by atoms with van der Waals surface area (Å²) >= 11 is 6.11. The van der Waals surface area contributed by atoms with E-state index >= 15 is 0 Å². The average molecular weight is 375 g/mol. The number of ether oxygens (including phenoxy) is 1. The van der Waals surface area contributed by atoms with E-state index in [1.165, 1.54) is 4.90 Å². The van der Waals surface area contributed by atoms with E-state index in [0.29, 0.717) is 33.1 Å². The molecule has 1 aliphatic heterocycles. The number of benzene rings is 1. The van der Waals surface area contributed by atoms with Gasteiger partial charge in [0.1, 0.15) is 6.54 Å². The highest BCUT2D eigenvalue weighted by atomic mass is 35.5. The molecule has 0 radical (unpaired) electrons.